The normalized spacial score (nSPS) is 9.86. The minimum Gasteiger partial charge on any atom is -0.497 e. The van der Waals surface area contributed by atoms with E-state index in [1.165, 1.54) is 5.56 Å². The third kappa shape index (κ3) is 3.97. The first kappa shape index (κ1) is 11.3. The molecule has 1 nitrogen and oxygen atoms in total. The van der Waals surface area contributed by atoms with Crippen molar-refractivity contribution in [3.63, 3.8) is 0 Å². The summed E-state index contributed by atoms with van der Waals surface area (Å²) < 4.78 is 6.23. The summed E-state index contributed by atoms with van der Waals surface area (Å²) in [5.74, 6) is 0.931. The molecule has 0 bridgehead atoms. The lowest BCUT2D eigenvalue weighted by atomic mass is 10.1. The van der Waals surface area contributed by atoms with Crippen LogP contribution in [0.3, 0.4) is 0 Å². The second-order valence-electron chi connectivity index (χ2n) is 3.22. The summed E-state index contributed by atoms with van der Waals surface area (Å²) in [7, 11) is 1.69. The number of hydrogen-bond acceptors (Lipinski definition) is 1. The van der Waals surface area contributed by atoms with Crippen LogP contribution >= 0.6 is 15.9 Å². The third-order valence-corrected chi connectivity index (χ3v) is 2.44. The van der Waals surface area contributed by atoms with E-state index in [1.54, 1.807) is 7.11 Å². The molecule has 0 spiro atoms. The van der Waals surface area contributed by atoms with Crippen molar-refractivity contribution in [3.05, 3.63) is 40.9 Å². The molecule has 0 aliphatic heterocycles. The second-order valence-corrected chi connectivity index (χ2v) is 4.34. The molecule has 0 heterocycles. The van der Waals surface area contributed by atoms with Gasteiger partial charge in [0.2, 0.25) is 0 Å². The molecule has 76 valence electrons. The van der Waals surface area contributed by atoms with E-state index < -0.39 is 0 Å². The number of aryl methyl sites for hydroxylation is 1. The van der Waals surface area contributed by atoms with Gasteiger partial charge in [-0.25, -0.2) is 0 Å². The van der Waals surface area contributed by atoms with Gasteiger partial charge >= 0.3 is 0 Å². The number of hydrogen-bond donors (Lipinski definition) is 0. The summed E-state index contributed by atoms with van der Waals surface area (Å²) in [4.78, 5) is 0. The molecule has 0 aromatic heterocycles. The zero-order chi connectivity index (χ0) is 10.4. The van der Waals surface area contributed by atoms with Crippen LogP contribution < -0.4 is 4.74 Å². The fourth-order valence-electron chi connectivity index (χ4n) is 1.31. The highest BCUT2D eigenvalue weighted by atomic mass is 79.9. The highest BCUT2D eigenvalue weighted by Crippen LogP contribution is 2.16. The topological polar surface area (TPSA) is 9.23 Å². The first-order chi connectivity index (χ1) is 6.72. The molecule has 0 unspecified atom stereocenters. The monoisotopic (exact) mass is 254 g/mol. The molecule has 0 saturated heterocycles. The second kappa shape index (κ2) is 5.86. The van der Waals surface area contributed by atoms with E-state index >= 15 is 0 Å². The Bertz CT molecular complexity index is 307. The van der Waals surface area contributed by atoms with Crippen LogP contribution in [-0.2, 0) is 6.42 Å². The van der Waals surface area contributed by atoms with Gasteiger partial charge in [-0.1, -0.05) is 34.6 Å². The van der Waals surface area contributed by atoms with Crippen molar-refractivity contribution >= 4 is 15.9 Å². The average molecular weight is 255 g/mol. The fraction of sp³-hybridized carbons (Fsp3) is 0.333. The predicted octanol–water partition coefficient (Wildman–Crippen LogP) is 3.93. The summed E-state index contributed by atoms with van der Waals surface area (Å²) >= 11 is 3.36. The van der Waals surface area contributed by atoms with Crippen LogP contribution in [0.15, 0.2) is 35.3 Å². The van der Waals surface area contributed by atoms with Crippen molar-refractivity contribution in [3.8, 4) is 5.75 Å². The Morgan fingerprint density at radius 2 is 2.29 bits per heavy atom. The Morgan fingerprint density at radius 1 is 1.50 bits per heavy atom. The van der Waals surface area contributed by atoms with E-state index in [4.69, 9.17) is 4.74 Å². The van der Waals surface area contributed by atoms with Crippen molar-refractivity contribution in [2.75, 3.05) is 7.11 Å². The number of rotatable bonds is 5. The molecule has 1 rings (SSSR count). The Hall–Kier alpha value is -0.760. The van der Waals surface area contributed by atoms with Gasteiger partial charge in [0.15, 0.2) is 0 Å². The molecule has 14 heavy (non-hydrogen) atoms. The highest BCUT2D eigenvalue weighted by molar-refractivity contribution is 9.11. The summed E-state index contributed by atoms with van der Waals surface area (Å²) in [5.41, 5.74) is 1.32. The minimum atomic E-state index is 0.931. The van der Waals surface area contributed by atoms with Crippen molar-refractivity contribution < 1.29 is 4.74 Å². The standard InChI is InChI=1S/C12H15BrO/c1-10(13)5-3-6-11-7-4-8-12(9-11)14-2/h4,7-9H,1,3,5-6H2,2H3. The molecule has 0 aliphatic carbocycles. The molecule has 0 atom stereocenters. The molecule has 0 amide bonds. The summed E-state index contributed by atoms with van der Waals surface area (Å²) in [5, 5.41) is 0. The lowest BCUT2D eigenvalue weighted by Crippen LogP contribution is -1.88. The van der Waals surface area contributed by atoms with E-state index in [-0.39, 0.29) is 0 Å². The lowest BCUT2D eigenvalue weighted by Gasteiger charge is -2.03. The molecule has 0 aliphatic rings. The van der Waals surface area contributed by atoms with Crippen LogP contribution in [0.1, 0.15) is 18.4 Å². The molecular formula is C12H15BrO. The summed E-state index contributed by atoms with van der Waals surface area (Å²) in [6, 6.07) is 8.19. The number of allylic oxidation sites excluding steroid dienone is 1. The Kier molecular flexibility index (Phi) is 4.74. The van der Waals surface area contributed by atoms with Gasteiger partial charge in [0.05, 0.1) is 7.11 Å². The van der Waals surface area contributed by atoms with Gasteiger partial charge in [-0.3, -0.25) is 0 Å². The van der Waals surface area contributed by atoms with Crippen LogP contribution in [0.25, 0.3) is 0 Å². The number of benzene rings is 1. The van der Waals surface area contributed by atoms with Crippen LogP contribution in [0.2, 0.25) is 0 Å². The summed E-state index contributed by atoms with van der Waals surface area (Å²) in [6.07, 6.45) is 3.22. The largest absolute Gasteiger partial charge is 0.497 e. The van der Waals surface area contributed by atoms with Crippen molar-refractivity contribution in [1.82, 2.24) is 0 Å². The average Bonchev–Trinajstić information content (AvgIpc) is 2.18. The molecule has 2 heteroatoms. The van der Waals surface area contributed by atoms with Crippen molar-refractivity contribution in [1.29, 1.82) is 0 Å². The van der Waals surface area contributed by atoms with Gasteiger partial charge in [0, 0.05) is 0 Å². The smallest absolute Gasteiger partial charge is 0.119 e. The maximum absolute atomic E-state index is 5.16. The Labute approximate surface area is 93.9 Å². The zero-order valence-corrected chi connectivity index (χ0v) is 10.0. The molecule has 0 fully saturated rings. The molecule has 1 aromatic carbocycles. The lowest BCUT2D eigenvalue weighted by molar-refractivity contribution is 0.414. The number of methoxy groups -OCH3 is 1. The first-order valence-electron chi connectivity index (χ1n) is 4.68. The van der Waals surface area contributed by atoms with Gasteiger partial charge in [-0.15, -0.1) is 0 Å². The summed E-state index contributed by atoms with van der Waals surface area (Å²) in [6.45, 7) is 3.81. The molecule has 0 radical (unpaired) electrons. The van der Waals surface area contributed by atoms with Crippen molar-refractivity contribution in [2.45, 2.75) is 19.3 Å². The van der Waals surface area contributed by atoms with Gasteiger partial charge in [-0.05, 0) is 41.4 Å². The number of halogens is 1. The minimum absolute atomic E-state index is 0.931. The van der Waals surface area contributed by atoms with E-state index in [2.05, 4.69) is 34.6 Å². The van der Waals surface area contributed by atoms with E-state index in [1.807, 2.05) is 12.1 Å². The zero-order valence-electron chi connectivity index (χ0n) is 8.42. The quantitative estimate of drug-likeness (QED) is 0.774. The predicted molar refractivity (Wildman–Crippen MR) is 64.0 cm³/mol. The van der Waals surface area contributed by atoms with Crippen LogP contribution in [0, 0.1) is 0 Å². The maximum Gasteiger partial charge on any atom is 0.119 e. The van der Waals surface area contributed by atoms with E-state index in [0.717, 1.165) is 29.5 Å². The van der Waals surface area contributed by atoms with Crippen LogP contribution in [0.4, 0.5) is 0 Å². The van der Waals surface area contributed by atoms with Crippen LogP contribution in [0.5, 0.6) is 5.75 Å². The maximum atomic E-state index is 5.16. The third-order valence-electron chi connectivity index (χ3n) is 2.05. The highest BCUT2D eigenvalue weighted by Gasteiger charge is 1.96. The fourth-order valence-corrected chi connectivity index (χ4v) is 1.59. The molecular weight excluding hydrogens is 240 g/mol. The van der Waals surface area contributed by atoms with Gasteiger partial charge in [-0.2, -0.15) is 0 Å². The van der Waals surface area contributed by atoms with Gasteiger partial charge < -0.3 is 4.74 Å². The van der Waals surface area contributed by atoms with Gasteiger partial charge in [0.1, 0.15) is 5.75 Å². The van der Waals surface area contributed by atoms with E-state index in [9.17, 15) is 0 Å². The molecule has 1 aromatic rings. The number of ether oxygens (including phenoxy) is 1. The first-order valence-corrected chi connectivity index (χ1v) is 5.48. The van der Waals surface area contributed by atoms with Crippen molar-refractivity contribution in [2.24, 2.45) is 0 Å². The van der Waals surface area contributed by atoms with Crippen LogP contribution in [-0.4, -0.2) is 7.11 Å². The SMILES string of the molecule is C=C(Br)CCCc1cccc(OC)c1. The Morgan fingerprint density at radius 3 is 2.93 bits per heavy atom. The Balaban J connectivity index is 2.46. The molecule has 0 N–H and O–H groups in total. The van der Waals surface area contributed by atoms with Gasteiger partial charge in [0.25, 0.3) is 0 Å². The molecule has 0 saturated carbocycles. The van der Waals surface area contributed by atoms with E-state index in [0.29, 0.717) is 0 Å².